The Bertz CT molecular complexity index is 432. The third-order valence-electron chi connectivity index (χ3n) is 3.17. The molecule has 0 saturated carbocycles. The molecule has 0 fully saturated rings. The fourth-order valence-electron chi connectivity index (χ4n) is 2.08. The van der Waals surface area contributed by atoms with E-state index in [0.717, 1.165) is 22.8 Å². The van der Waals surface area contributed by atoms with Crippen molar-refractivity contribution in [3.05, 3.63) is 28.8 Å². The first-order valence-electron chi connectivity index (χ1n) is 6.83. The number of thiocarbonyl (C=S) groups is 1. The van der Waals surface area contributed by atoms with Crippen LogP contribution >= 0.6 is 23.8 Å². The van der Waals surface area contributed by atoms with Crippen molar-refractivity contribution in [3.63, 3.8) is 0 Å². The second kappa shape index (κ2) is 7.71. The molecule has 2 nitrogen and oxygen atoms in total. The molecule has 106 valence electrons. The summed E-state index contributed by atoms with van der Waals surface area (Å²) < 4.78 is 0. The summed E-state index contributed by atoms with van der Waals surface area (Å²) in [6.07, 6.45) is 3.65. The van der Waals surface area contributed by atoms with E-state index in [1.165, 1.54) is 19.3 Å². The summed E-state index contributed by atoms with van der Waals surface area (Å²) in [6, 6.07) is 6.24. The van der Waals surface area contributed by atoms with E-state index in [-0.39, 0.29) is 0 Å². The summed E-state index contributed by atoms with van der Waals surface area (Å²) >= 11 is 11.3. The average molecular weight is 299 g/mol. The Hall–Kier alpha value is -0.800. The molecule has 0 bridgehead atoms. The van der Waals surface area contributed by atoms with Crippen LogP contribution in [0.5, 0.6) is 0 Å². The average Bonchev–Trinajstić information content (AvgIpc) is 2.35. The SMILES string of the molecule is CCCCCN(c1ccc(C(N)=S)cc1Cl)C(C)C. The molecule has 0 aliphatic heterocycles. The Morgan fingerprint density at radius 2 is 2.05 bits per heavy atom. The van der Waals surface area contributed by atoms with Gasteiger partial charge in [0.15, 0.2) is 0 Å². The molecule has 0 aromatic heterocycles. The van der Waals surface area contributed by atoms with Crippen molar-refractivity contribution in [2.75, 3.05) is 11.4 Å². The molecule has 1 aromatic rings. The Morgan fingerprint density at radius 1 is 1.37 bits per heavy atom. The van der Waals surface area contributed by atoms with Crippen molar-refractivity contribution in [1.82, 2.24) is 0 Å². The van der Waals surface area contributed by atoms with Crippen molar-refractivity contribution in [2.45, 2.75) is 46.1 Å². The number of hydrogen-bond acceptors (Lipinski definition) is 2. The highest BCUT2D eigenvalue weighted by molar-refractivity contribution is 7.80. The lowest BCUT2D eigenvalue weighted by Gasteiger charge is -2.30. The van der Waals surface area contributed by atoms with Crippen LogP contribution in [0.1, 0.15) is 45.6 Å². The van der Waals surface area contributed by atoms with Gasteiger partial charge in [-0.15, -0.1) is 0 Å². The number of halogens is 1. The van der Waals surface area contributed by atoms with Gasteiger partial charge < -0.3 is 10.6 Å². The zero-order valence-corrected chi connectivity index (χ0v) is 13.5. The molecule has 0 saturated heterocycles. The van der Waals surface area contributed by atoms with Gasteiger partial charge >= 0.3 is 0 Å². The molecule has 0 atom stereocenters. The van der Waals surface area contributed by atoms with Crippen LogP contribution in [0.3, 0.4) is 0 Å². The van der Waals surface area contributed by atoms with Gasteiger partial charge in [-0.1, -0.05) is 43.6 Å². The Morgan fingerprint density at radius 3 is 2.53 bits per heavy atom. The van der Waals surface area contributed by atoms with Crippen LogP contribution in [-0.4, -0.2) is 17.6 Å². The zero-order valence-electron chi connectivity index (χ0n) is 11.9. The minimum absolute atomic E-state index is 0.385. The summed E-state index contributed by atoms with van der Waals surface area (Å²) in [6.45, 7) is 7.61. The van der Waals surface area contributed by atoms with Crippen LogP contribution in [0.4, 0.5) is 5.69 Å². The van der Waals surface area contributed by atoms with E-state index in [1.54, 1.807) is 0 Å². The zero-order chi connectivity index (χ0) is 14.4. The lowest BCUT2D eigenvalue weighted by Crippen LogP contribution is -2.32. The lowest BCUT2D eigenvalue weighted by molar-refractivity contribution is 0.626. The van der Waals surface area contributed by atoms with Gasteiger partial charge in [-0.05, 0) is 38.5 Å². The van der Waals surface area contributed by atoms with E-state index in [1.807, 2.05) is 18.2 Å². The highest BCUT2D eigenvalue weighted by atomic mass is 35.5. The van der Waals surface area contributed by atoms with Crippen LogP contribution in [0, 0.1) is 0 Å². The number of benzene rings is 1. The minimum atomic E-state index is 0.385. The molecule has 0 unspecified atom stereocenters. The van der Waals surface area contributed by atoms with E-state index in [4.69, 9.17) is 29.6 Å². The number of rotatable bonds is 7. The molecule has 1 rings (SSSR count). The predicted molar refractivity (Wildman–Crippen MR) is 89.3 cm³/mol. The Balaban J connectivity index is 2.93. The molecular formula is C15H23ClN2S. The van der Waals surface area contributed by atoms with Gasteiger partial charge in [0.2, 0.25) is 0 Å². The lowest BCUT2D eigenvalue weighted by atomic mass is 10.1. The molecule has 19 heavy (non-hydrogen) atoms. The van der Waals surface area contributed by atoms with Gasteiger partial charge in [-0.25, -0.2) is 0 Å². The molecule has 1 aromatic carbocycles. The van der Waals surface area contributed by atoms with Crippen LogP contribution in [0.15, 0.2) is 18.2 Å². The summed E-state index contributed by atoms with van der Waals surface area (Å²) in [4.78, 5) is 2.72. The third kappa shape index (κ3) is 4.66. The summed E-state index contributed by atoms with van der Waals surface area (Å²) in [5, 5.41) is 0.718. The fourth-order valence-corrected chi connectivity index (χ4v) is 2.50. The van der Waals surface area contributed by atoms with Crippen molar-refractivity contribution in [2.24, 2.45) is 5.73 Å². The van der Waals surface area contributed by atoms with Crippen molar-refractivity contribution in [3.8, 4) is 0 Å². The predicted octanol–water partition coefficient (Wildman–Crippen LogP) is 4.38. The number of nitrogens with two attached hydrogens (primary N) is 1. The summed E-state index contributed by atoms with van der Waals surface area (Å²) in [7, 11) is 0. The largest absolute Gasteiger partial charge is 0.389 e. The number of unbranched alkanes of at least 4 members (excludes halogenated alkanes) is 2. The maximum Gasteiger partial charge on any atom is 0.104 e. The quantitative estimate of drug-likeness (QED) is 0.598. The van der Waals surface area contributed by atoms with Gasteiger partial charge in [-0.3, -0.25) is 0 Å². The standard InChI is InChI=1S/C15H23ClN2S/c1-4-5-6-9-18(11(2)3)14-8-7-12(15(17)19)10-13(14)16/h7-8,10-11H,4-6,9H2,1-3H3,(H2,17,19). The first-order valence-corrected chi connectivity index (χ1v) is 7.62. The first-order chi connectivity index (χ1) is 8.97. The topological polar surface area (TPSA) is 29.3 Å². The molecule has 0 spiro atoms. The van der Waals surface area contributed by atoms with Gasteiger partial charge in [0.1, 0.15) is 4.99 Å². The second-order valence-corrected chi connectivity index (χ2v) is 5.87. The van der Waals surface area contributed by atoms with Gasteiger partial charge in [-0.2, -0.15) is 0 Å². The van der Waals surface area contributed by atoms with E-state index in [9.17, 15) is 0 Å². The van der Waals surface area contributed by atoms with Gasteiger partial charge in [0, 0.05) is 18.2 Å². The normalized spacial score (nSPS) is 10.8. The molecule has 0 radical (unpaired) electrons. The van der Waals surface area contributed by atoms with Crippen LogP contribution < -0.4 is 10.6 Å². The highest BCUT2D eigenvalue weighted by Crippen LogP contribution is 2.28. The Labute approximate surface area is 126 Å². The molecule has 0 heterocycles. The van der Waals surface area contributed by atoms with Crippen molar-refractivity contribution < 1.29 is 0 Å². The van der Waals surface area contributed by atoms with Crippen LogP contribution in [0.25, 0.3) is 0 Å². The highest BCUT2D eigenvalue weighted by Gasteiger charge is 2.14. The number of hydrogen-bond donors (Lipinski definition) is 1. The summed E-state index contributed by atoms with van der Waals surface area (Å²) in [5.41, 5.74) is 7.51. The van der Waals surface area contributed by atoms with E-state index >= 15 is 0 Å². The molecule has 4 heteroatoms. The third-order valence-corrected chi connectivity index (χ3v) is 3.71. The molecule has 0 amide bonds. The van der Waals surface area contributed by atoms with Crippen LogP contribution in [0.2, 0.25) is 5.02 Å². The maximum absolute atomic E-state index is 6.37. The molecule has 0 aliphatic carbocycles. The Kier molecular flexibility index (Phi) is 6.59. The number of anilines is 1. The number of nitrogens with zero attached hydrogens (tertiary/aromatic N) is 1. The monoisotopic (exact) mass is 298 g/mol. The molecule has 0 aliphatic rings. The fraction of sp³-hybridized carbons (Fsp3) is 0.533. The van der Waals surface area contributed by atoms with E-state index < -0.39 is 0 Å². The maximum atomic E-state index is 6.37. The molecule has 2 N–H and O–H groups in total. The van der Waals surface area contributed by atoms with Gasteiger partial charge in [0.05, 0.1) is 10.7 Å². The van der Waals surface area contributed by atoms with E-state index in [0.29, 0.717) is 11.0 Å². The van der Waals surface area contributed by atoms with E-state index in [2.05, 4.69) is 25.7 Å². The second-order valence-electron chi connectivity index (χ2n) is 5.02. The van der Waals surface area contributed by atoms with Gasteiger partial charge in [0.25, 0.3) is 0 Å². The summed E-state index contributed by atoms with van der Waals surface area (Å²) in [5.74, 6) is 0. The van der Waals surface area contributed by atoms with Crippen LogP contribution in [-0.2, 0) is 0 Å². The molecular weight excluding hydrogens is 276 g/mol. The van der Waals surface area contributed by atoms with Crippen molar-refractivity contribution in [1.29, 1.82) is 0 Å². The van der Waals surface area contributed by atoms with Crippen molar-refractivity contribution >= 4 is 34.5 Å². The minimum Gasteiger partial charge on any atom is -0.389 e. The smallest absolute Gasteiger partial charge is 0.104 e. The first kappa shape index (κ1) is 16.3.